The van der Waals surface area contributed by atoms with Crippen LogP contribution in [0.15, 0.2) is 12.4 Å². The molecule has 0 N–H and O–H groups in total. The molecule has 1 atom stereocenters. The highest BCUT2D eigenvalue weighted by Gasteiger charge is 2.50. The molecular weight excluding hydrogens is 320 g/mol. The first-order valence-electron chi connectivity index (χ1n) is 9.22. The SMILES string of the molecule is COc1nccnc1N1CCC2(CCCN(C3CCOCC3)C2=O)C1. The Hall–Kier alpha value is -1.89. The number of piperidine rings is 1. The molecule has 3 fully saturated rings. The molecule has 25 heavy (non-hydrogen) atoms. The van der Waals surface area contributed by atoms with Gasteiger partial charge in [0.1, 0.15) is 0 Å². The van der Waals surface area contributed by atoms with E-state index in [-0.39, 0.29) is 5.41 Å². The van der Waals surface area contributed by atoms with Crippen LogP contribution in [0.4, 0.5) is 5.82 Å². The Balaban J connectivity index is 1.53. The number of carbonyl (C=O) groups is 1. The maximum atomic E-state index is 13.4. The van der Waals surface area contributed by atoms with E-state index >= 15 is 0 Å². The van der Waals surface area contributed by atoms with Crippen LogP contribution in [0, 0.1) is 5.41 Å². The number of nitrogens with zero attached hydrogens (tertiary/aromatic N) is 4. The maximum absolute atomic E-state index is 13.4. The van der Waals surface area contributed by atoms with Gasteiger partial charge in [-0.3, -0.25) is 4.79 Å². The zero-order valence-electron chi connectivity index (χ0n) is 14.8. The van der Waals surface area contributed by atoms with Crippen LogP contribution >= 0.6 is 0 Å². The molecule has 1 amide bonds. The standard InChI is InChI=1S/C18H26N4O3/c1-24-16-15(19-7-8-20-16)21-10-6-18(13-21)5-2-9-22(17(18)23)14-3-11-25-12-4-14/h7-8,14H,2-6,9-13H2,1H3. The Morgan fingerprint density at radius 1 is 1.20 bits per heavy atom. The van der Waals surface area contributed by atoms with Crippen LogP contribution in [-0.4, -0.2) is 66.8 Å². The zero-order valence-corrected chi connectivity index (χ0v) is 14.8. The fourth-order valence-electron chi connectivity index (χ4n) is 4.56. The Bertz CT molecular complexity index is 635. The second-order valence-electron chi connectivity index (χ2n) is 7.29. The van der Waals surface area contributed by atoms with Gasteiger partial charge in [0.15, 0.2) is 5.82 Å². The van der Waals surface area contributed by atoms with Crippen LogP contribution in [-0.2, 0) is 9.53 Å². The van der Waals surface area contributed by atoms with Crippen molar-refractivity contribution in [3.05, 3.63) is 12.4 Å². The molecule has 0 aromatic carbocycles. The van der Waals surface area contributed by atoms with Crippen LogP contribution in [0.1, 0.15) is 32.1 Å². The van der Waals surface area contributed by atoms with E-state index < -0.39 is 0 Å². The minimum absolute atomic E-state index is 0.279. The number of anilines is 1. The Morgan fingerprint density at radius 3 is 2.80 bits per heavy atom. The third-order valence-corrected chi connectivity index (χ3v) is 5.89. The number of rotatable bonds is 3. The zero-order chi connectivity index (χ0) is 17.3. The van der Waals surface area contributed by atoms with Gasteiger partial charge in [-0.25, -0.2) is 9.97 Å². The lowest BCUT2D eigenvalue weighted by atomic mass is 9.77. The fraction of sp³-hybridized carbons (Fsp3) is 0.722. The lowest BCUT2D eigenvalue weighted by molar-refractivity contribution is -0.149. The van der Waals surface area contributed by atoms with Crippen molar-refractivity contribution in [2.24, 2.45) is 5.41 Å². The van der Waals surface area contributed by atoms with Gasteiger partial charge in [-0.1, -0.05) is 0 Å². The monoisotopic (exact) mass is 346 g/mol. The first kappa shape index (κ1) is 16.6. The van der Waals surface area contributed by atoms with Crippen molar-refractivity contribution in [1.29, 1.82) is 0 Å². The lowest BCUT2D eigenvalue weighted by Crippen LogP contribution is -2.54. The number of likely N-dealkylation sites (tertiary alicyclic amines) is 1. The molecule has 0 radical (unpaired) electrons. The van der Waals surface area contributed by atoms with E-state index in [1.54, 1.807) is 19.5 Å². The second kappa shape index (κ2) is 6.78. The Labute approximate surface area is 148 Å². The summed E-state index contributed by atoms with van der Waals surface area (Å²) in [6.07, 6.45) is 8.16. The van der Waals surface area contributed by atoms with Crippen molar-refractivity contribution in [2.45, 2.75) is 38.1 Å². The van der Waals surface area contributed by atoms with Gasteiger partial charge >= 0.3 is 0 Å². The van der Waals surface area contributed by atoms with E-state index in [9.17, 15) is 4.79 Å². The van der Waals surface area contributed by atoms with E-state index in [1.807, 2.05) is 0 Å². The van der Waals surface area contributed by atoms with Gasteiger partial charge in [0, 0.05) is 51.3 Å². The van der Waals surface area contributed by atoms with Crippen LogP contribution < -0.4 is 9.64 Å². The average molecular weight is 346 g/mol. The molecule has 3 aliphatic rings. The van der Waals surface area contributed by atoms with Gasteiger partial charge in [-0.05, 0) is 32.1 Å². The van der Waals surface area contributed by atoms with E-state index in [0.717, 1.165) is 64.2 Å². The van der Waals surface area contributed by atoms with Crippen molar-refractivity contribution >= 4 is 11.7 Å². The molecule has 1 aromatic heterocycles. The van der Waals surface area contributed by atoms with Gasteiger partial charge in [0.25, 0.3) is 5.88 Å². The summed E-state index contributed by atoms with van der Waals surface area (Å²) in [7, 11) is 1.61. The average Bonchev–Trinajstić information content (AvgIpc) is 3.09. The van der Waals surface area contributed by atoms with E-state index in [4.69, 9.17) is 9.47 Å². The molecule has 7 nitrogen and oxygen atoms in total. The van der Waals surface area contributed by atoms with E-state index in [2.05, 4.69) is 19.8 Å². The van der Waals surface area contributed by atoms with Gasteiger partial charge in [-0.2, -0.15) is 0 Å². The summed E-state index contributed by atoms with van der Waals surface area (Å²) in [6.45, 7) is 3.96. The number of amides is 1. The second-order valence-corrected chi connectivity index (χ2v) is 7.29. The predicted molar refractivity (Wildman–Crippen MR) is 92.6 cm³/mol. The van der Waals surface area contributed by atoms with Crippen molar-refractivity contribution < 1.29 is 14.3 Å². The quantitative estimate of drug-likeness (QED) is 0.826. The molecule has 1 spiro atoms. The summed E-state index contributed by atoms with van der Waals surface area (Å²) in [6, 6.07) is 0.346. The molecule has 3 aliphatic heterocycles. The summed E-state index contributed by atoms with van der Waals surface area (Å²) in [4.78, 5) is 26.4. The Kier molecular flexibility index (Phi) is 4.50. The van der Waals surface area contributed by atoms with E-state index in [0.29, 0.717) is 24.4 Å². The molecule has 1 aromatic rings. The third-order valence-electron chi connectivity index (χ3n) is 5.89. The highest BCUT2D eigenvalue weighted by molar-refractivity contribution is 5.85. The normalized spacial score (nSPS) is 28.0. The van der Waals surface area contributed by atoms with Gasteiger partial charge in [0.05, 0.1) is 12.5 Å². The van der Waals surface area contributed by atoms with Gasteiger partial charge < -0.3 is 19.3 Å². The van der Waals surface area contributed by atoms with Crippen LogP contribution in [0.3, 0.4) is 0 Å². The summed E-state index contributed by atoms with van der Waals surface area (Å²) < 4.78 is 10.8. The molecule has 7 heteroatoms. The maximum Gasteiger partial charge on any atom is 0.257 e. The molecule has 0 bridgehead atoms. The van der Waals surface area contributed by atoms with Crippen molar-refractivity contribution in [1.82, 2.24) is 14.9 Å². The molecule has 4 heterocycles. The van der Waals surface area contributed by atoms with Crippen molar-refractivity contribution in [3.8, 4) is 5.88 Å². The van der Waals surface area contributed by atoms with Crippen LogP contribution in [0.5, 0.6) is 5.88 Å². The van der Waals surface area contributed by atoms with Crippen molar-refractivity contribution in [3.63, 3.8) is 0 Å². The number of hydrogen-bond donors (Lipinski definition) is 0. The van der Waals surface area contributed by atoms with Gasteiger partial charge in [-0.15, -0.1) is 0 Å². The number of ether oxygens (including phenoxy) is 2. The summed E-state index contributed by atoms with van der Waals surface area (Å²) in [5.41, 5.74) is -0.279. The number of carbonyl (C=O) groups excluding carboxylic acids is 1. The first-order chi connectivity index (χ1) is 12.2. The highest BCUT2D eigenvalue weighted by Crippen LogP contribution is 2.43. The third kappa shape index (κ3) is 2.94. The topological polar surface area (TPSA) is 67.8 Å². The molecule has 0 saturated carbocycles. The molecule has 0 aliphatic carbocycles. The minimum Gasteiger partial charge on any atom is -0.478 e. The molecule has 1 unspecified atom stereocenters. The fourth-order valence-corrected chi connectivity index (χ4v) is 4.56. The molecule has 136 valence electrons. The van der Waals surface area contributed by atoms with Gasteiger partial charge in [0.2, 0.25) is 5.91 Å². The summed E-state index contributed by atoms with van der Waals surface area (Å²) >= 11 is 0. The van der Waals surface area contributed by atoms with Crippen LogP contribution in [0.25, 0.3) is 0 Å². The van der Waals surface area contributed by atoms with Crippen LogP contribution in [0.2, 0.25) is 0 Å². The number of hydrogen-bond acceptors (Lipinski definition) is 6. The number of methoxy groups -OCH3 is 1. The molecule has 3 saturated heterocycles. The molecule has 4 rings (SSSR count). The van der Waals surface area contributed by atoms with Crippen molar-refractivity contribution in [2.75, 3.05) is 44.9 Å². The smallest absolute Gasteiger partial charge is 0.257 e. The minimum atomic E-state index is -0.279. The van der Waals surface area contributed by atoms with E-state index in [1.165, 1.54) is 0 Å². The highest BCUT2D eigenvalue weighted by atomic mass is 16.5. The Morgan fingerprint density at radius 2 is 2.00 bits per heavy atom. The number of aromatic nitrogens is 2. The summed E-state index contributed by atoms with van der Waals surface area (Å²) in [5, 5.41) is 0. The lowest BCUT2D eigenvalue weighted by Gasteiger charge is -2.44. The molecular formula is C18H26N4O3. The first-order valence-corrected chi connectivity index (χ1v) is 9.22. The predicted octanol–water partition coefficient (Wildman–Crippen LogP) is 1.48. The largest absolute Gasteiger partial charge is 0.478 e. The summed E-state index contributed by atoms with van der Waals surface area (Å²) in [5.74, 6) is 1.61.